The van der Waals surface area contributed by atoms with E-state index in [1.165, 1.54) is 22.5 Å². The van der Waals surface area contributed by atoms with E-state index < -0.39 is 6.67 Å². The summed E-state index contributed by atoms with van der Waals surface area (Å²) < 4.78 is 13.4. The quantitative estimate of drug-likeness (QED) is 0.893. The minimum Gasteiger partial charge on any atom is -0.325 e. The molecule has 0 amide bonds. The van der Waals surface area contributed by atoms with E-state index in [1.54, 1.807) is 6.33 Å². The molecule has 1 spiro atoms. The number of nitrogens with zero attached hydrogens (tertiary/aromatic N) is 3. The van der Waals surface area contributed by atoms with Gasteiger partial charge in [-0.15, -0.1) is 0 Å². The van der Waals surface area contributed by atoms with Crippen LogP contribution in [0, 0.1) is 0 Å². The monoisotopic (exact) mass is 352 g/mol. The number of nitrogens with one attached hydrogen (secondary N) is 1. The summed E-state index contributed by atoms with van der Waals surface area (Å²) in [7, 11) is 0. The molecule has 0 unspecified atom stereocenters. The summed E-state index contributed by atoms with van der Waals surface area (Å²) in [5.41, 5.74) is 5.83. The van der Waals surface area contributed by atoms with Gasteiger partial charge in [0.2, 0.25) is 0 Å². The molecule has 1 N–H and O–H groups in total. The van der Waals surface area contributed by atoms with Gasteiger partial charge < -0.3 is 10.2 Å². The molecule has 1 aromatic heterocycles. The second kappa shape index (κ2) is 6.02. The van der Waals surface area contributed by atoms with Gasteiger partial charge in [-0.2, -0.15) is 0 Å². The maximum atomic E-state index is 13.4. The van der Waals surface area contributed by atoms with Crippen molar-refractivity contribution in [1.82, 2.24) is 15.3 Å². The van der Waals surface area contributed by atoms with E-state index in [0.717, 1.165) is 56.7 Å². The number of fused-ring (bicyclic) bond motifs is 3. The fourth-order valence-electron chi connectivity index (χ4n) is 5.16. The van der Waals surface area contributed by atoms with E-state index >= 15 is 0 Å². The lowest BCUT2D eigenvalue weighted by atomic mass is 9.76. The lowest BCUT2D eigenvalue weighted by Gasteiger charge is -2.35. The van der Waals surface area contributed by atoms with E-state index in [2.05, 4.69) is 34.3 Å². The average Bonchev–Trinajstić information content (AvgIpc) is 3.21. The number of benzene rings is 1. The molecule has 4 nitrogen and oxygen atoms in total. The van der Waals surface area contributed by atoms with Crippen LogP contribution in [0.15, 0.2) is 24.5 Å². The summed E-state index contributed by atoms with van der Waals surface area (Å²) in [4.78, 5) is 11.6. The molecule has 1 aliphatic carbocycles. The maximum Gasteiger partial charge on any atom is 0.140 e. The molecule has 2 aliphatic heterocycles. The van der Waals surface area contributed by atoms with Gasteiger partial charge in [0, 0.05) is 35.4 Å². The second-order valence-electron chi connectivity index (χ2n) is 8.13. The van der Waals surface area contributed by atoms with Crippen LogP contribution >= 0.6 is 0 Å². The number of alkyl halides is 1. The molecule has 136 valence electrons. The van der Waals surface area contributed by atoms with Gasteiger partial charge in [0.25, 0.3) is 0 Å². The molecular weight excluding hydrogens is 327 g/mol. The largest absolute Gasteiger partial charge is 0.325 e. The first kappa shape index (κ1) is 16.2. The number of aromatic nitrogens is 2. The lowest BCUT2D eigenvalue weighted by molar-refractivity contribution is 0.333. The van der Waals surface area contributed by atoms with Crippen LogP contribution in [0.25, 0.3) is 0 Å². The van der Waals surface area contributed by atoms with Gasteiger partial charge in [0.15, 0.2) is 0 Å². The zero-order valence-electron chi connectivity index (χ0n) is 15.3. The van der Waals surface area contributed by atoms with Crippen molar-refractivity contribution in [2.75, 3.05) is 24.5 Å². The zero-order valence-corrected chi connectivity index (χ0v) is 15.3. The van der Waals surface area contributed by atoms with Crippen molar-refractivity contribution in [2.24, 2.45) is 0 Å². The molecule has 26 heavy (non-hydrogen) atoms. The van der Waals surface area contributed by atoms with E-state index in [4.69, 9.17) is 4.98 Å². The molecule has 0 saturated carbocycles. The SMILES string of the molecule is C[C@@H]1CCc2ncnc(N3C[C@]4(CCCNC4)c4cc(CF)ccc43)c21. The summed E-state index contributed by atoms with van der Waals surface area (Å²) in [5.74, 6) is 1.56. The highest BCUT2D eigenvalue weighted by molar-refractivity contribution is 5.74. The van der Waals surface area contributed by atoms with Crippen LogP contribution < -0.4 is 10.2 Å². The maximum absolute atomic E-state index is 13.4. The Labute approximate surface area is 153 Å². The first-order valence-corrected chi connectivity index (χ1v) is 9.73. The normalized spacial score (nSPS) is 27.0. The molecule has 2 aromatic rings. The van der Waals surface area contributed by atoms with Crippen LogP contribution in [0.4, 0.5) is 15.9 Å². The van der Waals surface area contributed by atoms with Crippen molar-refractivity contribution in [1.29, 1.82) is 0 Å². The Balaban J connectivity index is 1.66. The predicted octanol–water partition coefficient (Wildman–Crippen LogP) is 3.77. The molecule has 5 rings (SSSR count). The van der Waals surface area contributed by atoms with Gasteiger partial charge in [-0.05, 0) is 55.3 Å². The number of hydrogen-bond donors (Lipinski definition) is 1. The Bertz CT molecular complexity index is 844. The highest BCUT2D eigenvalue weighted by Gasteiger charge is 2.45. The topological polar surface area (TPSA) is 41.1 Å². The molecule has 3 heterocycles. The van der Waals surface area contributed by atoms with Gasteiger partial charge in [0.1, 0.15) is 18.8 Å². The van der Waals surface area contributed by atoms with Crippen LogP contribution in [0.1, 0.15) is 54.5 Å². The summed E-state index contributed by atoms with van der Waals surface area (Å²) >= 11 is 0. The van der Waals surface area contributed by atoms with Crippen LogP contribution in [0.5, 0.6) is 0 Å². The third-order valence-corrected chi connectivity index (χ3v) is 6.52. The van der Waals surface area contributed by atoms with Crippen molar-refractivity contribution in [3.63, 3.8) is 0 Å². The summed E-state index contributed by atoms with van der Waals surface area (Å²) in [6.07, 6.45) is 6.20. The van der Waals surface area contributed by atoms with Gasteiger partial charge in [-0.25, -0.2) is 14.4 Å². The first-order chi connectivity index (χ1) is 12.7. The Hall–Kier alpha value is -2.01. The number of halogens is 1. The predicted molar refractivity (Wildman–Crippen MR) is 101 cm³/mol. The summed E-state index contributed by atoms with van der Waals surface area (Å²) in [5, 5.41) is 3.58. The first-order valence-electron chi connectivity index (χ1n) is 9.73. The van der Waals surface area contributed by atoms with Crippen LogP contribution in [-0.4, -0.2) is 29.6 Å². The Morgan fingerprint density at radius 3 is 3.08 bits per heavy atom. The van der Waals surface area contributed by atoms with Crippen LogP contribution in [0.2, 0.25) is 0 Å². The van der Waals surface area contributed by atoms with Gasteiger partial charge in [-0.3, -0.25) is 0 Å². The van der Waals surface area contributed by atoms with Crippen molar-refractivity contribution in [3.8, 4) is 0 Å². The number of piperidine rings is 1. The number of rotatable bonds is 2. The van der Waals surface area contributed by atoms with E-state index in [0.29, 0.717) is 5.92 Å². The summed E-state index contributed by atoms with van der Waals surface area (Å²) in [6, 6.07) is 6.11. The number of anilines is 2. The smallest absolute Gasteiger partial charge is 0.140 e. The molecule has 0 bridgehead atoms. The number of aryl methyl sites for hydroxylation is 1. The van der Waals surface area contributed by atoms with Crippen LogP contribution in [0.3, 0.4) is 0 Å². The third-order valence-electron chi connectivity index (χ3n) is 6.52. The second-order valence-corrected chi connectivity index (χ2v) is 8.13. The molecule has 2 atom stereocenters. The van der Waals surface area contributed by atoms with Gasteiger partial charge >= 0.3 is 0 Å². The highest BCUT2D eigenvalue weighted by atomic mass is 19.1. The van der Waals surface area contributed by atoms with E-state index in [9.17, 15) is 4.39 Å². The summed E-state index contributed by atoms with van der Waals surface area (Å²) in [6.45, 7) is 4.81. The lowest BCUT2D eigenvalue weighted by Crippen LogP contribution is -2.46. The minimum absolute atomic E-state index is 0.0540. The van der Waals surface area contributed by atoms with Crippen molar-refractivity contribution in [3.05, 3.63) is 46.9 Å². The molecule has 1 aromatic carbocycles. The van der Waals surface area contributed by atoms with Crippen LogP contribution in [-0.2, 0) is 18.5 Å². The van der Waals surface area contributed by atoms with Gasteiger partial charge in [-0.1, -0.05) is 19.1 Å². The number of hydrogen-bond acceptors (Lipinski definition) is 4. The van der Waals surface area contributed by atoms with Crippen molar-refractivity contribution >= 4 is 11.5 Å². The fourth-order valence-corrected chi connectivity index (χ4v) is 5.16. The molecular formula is C21H25FN4. The zero-order chi connectivity index (χ0) is 17.7. The van der Waals surface area contributed by atoms with Gasteiger partial charge in [0.05, 0.1) is 0 Å². The third kappa shape index (κ3) is 2.29. The highest BCUT2D eigenvalue weighted by Crippen LogP contribution is 2.50. The molecule has 3 aliphatic rings. The Morgan fingerprint density at radius 1 is 1.35 bits per heavy atom. The van der Waals surface area contributed by atoms with Crippen molar-refractivity contribution < 1.29 is 4.39 Å². The minimum atomic E-state index is -0.406. The molecule has 1 saturated heterocycles. The standard InChI is InChI=1S/C21H25FN4/c1-14-3-5-17-19(14)20(25-13-24-17)26-12-21(7-2-8-23-11-21)16-9-15(10-22)4-6-18(16)26/h4,6,9,13-14,23H,2-3,5,7-8,10-12H2,1H3/t14-,21-/m1/s1. The fraction of sp³-hybridized carbons (Fsp3) is 0.524. The average molecular weight is 352 g/mol. The Morgan fingerprint density at radius 2 is 2.27 bits per heavy atom. The molecule has 0 radical (unpaired) electrons. The molecule has 1 fully saturated rings. The molecule has 5 heteroatoms. The Kier molecular flexibility index (Phi) is 3.74. The van der Waals surface area contributed by atoms with E-state index in [-0.39, 0.29) is 5.41 Å². The van der Waals surface area contributed by atoms with E-state index in [1.807, 2.05) is 6.07 Å². The van der Waals surface area contributed by atoms with Crippen molar-refractivity contribution in [2.45, 2.75) is 50.6 Å².